The Morgan fingerprint density at radius 3 is 2.77 bits per heavy atom. The van der Waals surface area contributed by atoms with E-state index in [1.165, 1.54) is 0 Å². The Bertz CT molecular complexity index is 185. The minimum atomic E-state index is -1.11. The molecule has 1 atom stereocenters. The highest BCUT2D eigenvalue weighted by Crippen LogP contribution is 2.21. The fraction of sp³-hybridized carbons (Fsp3) is 0.889. The SMILES string of the molecule is CC(C)CO[C@@]1(C(=O)O)CCCN1. The molecule has 0 radical (unpaired) electrons. The smallest absolute Gasteiger partial charge is 0.351 e. The molecule has 1 rings (SSSR count). The summed E-state index contributed by atoms with van der Waals surface area (Å²) < 4.78 is 5.40. The molecule has 1 aliphatic heterocycles. The summed E-state index contributed by atoms with van der Waals surface area (Å²) in [5, 5.41) is 11.9. The monoisotopic (exact) mass is 187 g/mol. The van der Waals surface area contributed by atoms with E-state index < -0.39 is 11.7 Å². The van der Waals surface area contributed by atoms with Crippen LogP contribution in [0.4, 0.5) is 0 Å². The first-order valence-corrected chi connectivity index (χ1v) is 4.69. The molecule has 76 valence electrons. The van der Waals surface area contributed by atoms with E-state index in [0.717, 1.165) is 13.0 Å². The molecule has 0 aromatic rings. The molecule has 0 amide bonds. The van der Waals surface area contributed by atoms with Gasteiger partial charge in [0.15, 0.2) is 0 Å². The summed E-state index contributed by atoms with van der Waals surface area (Å²) in [6.45, 7) is 5.22. The van der Waals surface area contributed by atoms with Gasteiger partial charge in [0.25, 0.3) is 0 Å². The number of hydrogen-bond acceptors (Lipinski definition) is 3. The first-order valence-electron chi connectivity index (χ1n) is 4.69. The second-order valence-corrected chi connectivity index (χ2v) is 3.87. The number of rotatable bonds is 4. The van der Waals surface area contributed by atoms with Crippen molar-refractivity contribution in [2.45, 2.75) is 32.4 Å². The van der Waals surface area contributed by atoms with E-state index in [4.69, 9.17) is 9.84 Å². The highest BCUT2D eigenvalue weighted by molar-refractivity contribution is 5.77. The molecule has 0 saturated carbocycles. The molecule has 0 bridgehead atoms. The van der Waals surface area contributed by atoms with Crippen LogP contribution in [0.5, 0.6) is 0 Å². The normalized spacial score (nSPS) is 28.2. The number of carboxylic acids is 1. The molecule has 13 heavy (non-hydrogen) atoms. The van der Waals surface area contributed by atoms with E-state index in [9.17, 15) is 4.79 Å². The molecule has 0 aromatic carbocycles. The summed E-state index contributed by atoms with van der Waals surface area (Å²) in [7, 11) is 0. The van der Waals surface area contributed by atoms with Crippen LogP contribution in [0.3, 0.4) is 0 Å². The van der Waals surface area contributed by atoms with Crippen molar-refractivity contribution in [3.63, 3.8) is 0 Å². The average molecular weight is 187 g/mol. The first kappa shape index (κ1) is 10.5. The van der Waals surface area contributed by atoms with Gasteiger partial charge in [-0.25, -0.2) is 4.79 Å². The van der Waals surface area contributed by atoms with Gasteiger partial charge in [-0.05, 0) is 18.9 Å². The van der Waals surface area contributed by atoms with Crippen LogP contribution in [0, 0.1) is 5.92 Å². The van der Waals surface area contributed by atoms with Crippen LogP contribution in [0.25, 0.3) is 0 Å². The van der Waals surface area contributed by atoms with Gasteiger partial charge in [-0.15, -0.1) is 0 Å². The number of carboxylic acid groups (broad SMARTS) is 1. The van der Waals surface area contributed by atoms with Crippen LogP contribution in [0.15, 0.2) is 0 Å². The number of nitrogens with one attached hydrogen (secondary N) is 1. The maximum atomic E-state index is 10.9. The zero-order valence-corrected chi connectivity index (χ0v) is 8.17. The van der Waals surface area contributed by atoms with Gasteiger partial charge in [-0.3, -0.25) is 5.32 Å². The van der Waals surface area contributed by atoms with Gasteiger partial charge in [0.1, 0.15) is 0 Å². The molecule has 1 saturated heterocycles. The van der Waals surface area contributed by atoms with E-state index in [1.807, 2.05) is 13.8 Å². The predicted molar refractivity (Wildman–Crippen MR) is 48.4 cm³/mol. The average Bonchev–Trinajstić information content (AvgIpc) is 2.50. The lowest BCUT2D eigenvalue weighted by Gasteiger charge is -2.25. The van der Waals surface area contributed by atoms with E-state index in [0.29, 0.717) is 18.9 Å². The summed E-state index contributed by atoms with van der Waals surface area (Å²) in [4.78, 5) is 10.9. The molecular weight excluding hydrogens is 170 g/mol. The van der Waals surface area contributed by atoms with Gasteiger partial charge in [0.05, 0.1) is 6.61 Å². The van der Waals surface area contributed by atoms with Crippen LogP contribution in [0.2, 0.25) is 0 Å². The van der Waals surface area contributed by atoms with Crippen molar-refractivity contribution in [1.82, 2.24) is 5.32 Å². The van der Waals surface area contributed by atoms with Crippen LogP contribution in [0.1, 0.15) is 26.7 Å². The van der Waals surface area contributed by atoms with Crippen LogP contribution >= 0.6 is 0 Å². The maximum absolute atomic E-state index is 10.9. The lowest BCUT2D eigenvalue weighted by Crippen LogP contribution is -2.50. The highest BCUT2D eigenvalue weighted by Gasteiger charge is 2.42. The molecule has 4 nitrogen and oxygen atoms in total. The van der Waals surface area contributed by atoms with Crippen molar-refractivity contribution in [2.75, 3.05) is 13.2 Å². The van der Waals surface area contributed by atoms with Crippen molar-refractivity contribution in [3.8, 4) is 0 Å². The lowest BCUT2D eigenvalue weighted by atomic mass is 10.1. The second-order valence-electron chi connectivity index (χ2n) is 3.87. The van der Waals surface area contributed by atoms with Crippen molar-refractivity contribution in [2.24, 2.45) is 5.92 Å². The molecule has 0 spiro atoms. The molecule has 0 aromatic heterocycles. The topological polar surface area (TPSA) is 58.6 Å². The van der Waals surface area contributed by atoms with Gasteiger partial charge in [0.2, 0.25) is 5.72 Å². The predicted octanol–water partition coefficient (Wildman–Crippen LogP) is 0.823. The summed E-state index contributed by atoms with van der Waals surface area (Å²) in [5.41, 5.74) is -1.11. The molecule has 0 aliphatic carbocycles. The van der Waals surface area contributed by atoms with E-state index in [2.05, 4.69) is 5.32 Å². The highest BCUT2D eigenvalue weighted by atomic mass is 16.5. The molecule has 2 N–H and O–H groups in total. The summed E-state index contributed by atoms with van der Waals surface area (Å²) >= 11 is 0. The minimum absolute atomic E-state index is 0.360. The quantitative estimate of drug-likeness (QED) is 0.684. The Kier molecular flexibility index (Phi) is 3.27. The third kappa shape index (κ3) is 2.42. The summed E-state index contributed by atoms with van der Waals surface area (Å²) in [5.74, 6) is -0.538. The molecule has 1 heterocycles. The third-order valence-corrected chi connectivity index (χ3v) is 2.12. The van der Waals surface area contributed by atoms with Crippen LogP contribution in [-0.4, -0.2) is 30.0 Å². The summed E-state index contributed by atoms with van der Waals surface area (Å²) in [6.07, 6.45) is 1.43. The van der Waals surface area contributed by atoms with Gasteiger partial charge < -0.3 is 9.84 Å². The van der Waals surface area contributed by atoms with Gasteiger partial charge >= 0.3 is 5.97 Å². The van der Waals surface area contributed by atoms with Crippen molar-refractivity contribution in [3.05, 3.63) is 0 Å². The van der Waals surface area contributed by atoms with Crippen molar-refractivity contribution < 1.29 is 14.6 Å². The Balaban J connectivity index is 2.52. The fourth-order valence-corrected chi connectivity index (χ4v) is 1.39. The molecule has 1 aliphatic rings. The zero-order valence-electron chi connectivity index (χ0n) is 8.17. The Labute approximate surface area is 78.3 Å². The largest absolute Gasteiger partial charge is 0.478 e. The first-order chi connectivity index (χ1) is 6.07. The lowest BCUT2D eigenvalue weighted by molar-refractivity contribution is -0.170. The Hall–Kier alpha value is -0.610. The molecular formula is C9H17NO3. The number of ether oxygens (including phenoxy) is 1. The van der Waals surface area contributed by atoms with Crippen LogP contribution < -0.4 is 5.32 Å². The molecule has 1 fully saturated rings. The maximum Gasteiger partial charge on any atom is 0.351 e. The van der Waals surface area contributed by atoms with Crippen molar-refractivity contribution in [1.29, 1.82) is 0 Å². The second kappa shape index (κ2) is 4.07. The Morgan fingerprint density at radius 1 is 1.69 bits per heavy atom. The van der Waals surface area contributed by atoms with E-state index >= 15 is 0 Å². The number of carbonyl (C=O) groups is 1. The Morgan fingerprint density at radius 2 is 2.38 bits per heavy atom. The number of aliphatic carboxylic acids is 1. The third-order valence-electron chi connectivity index (χ3n) is 2.12. The molecule has 4 heteroatoms. The van der Waals surface area contributed by atoms with E-state index in [1.54, 1.807) is 0 Å². The van der Waals surface area contributed by atoms with Gasteiger partial charge in [-0.2, -0.15) is 0 Å². The van der Waals surface area contributed by atoms with Crippen molar-refractivity contribution >= 4 is 5.97 Å². The van der Waals surface area contributed by atoms with Gasteiger partial charge in [-0.1, -0.05) is 13.8 Å². The standard InChI is InChI=1S/C9H17NO3/c1-7(2)6-13-9(8(11)12)4-3-5-10-9/h7,10H,3-6H2,1-2H3,(H,11,12)/t9-/m1/s1. The summed E-state index contributed by atoms with van der Waals surface area (Å²) in [6, 6.07) is 0. The van der Waals surface area contributed by atoms with Crippen LogP contribution in [-0.2, 0) is 9.53 Å². The number of hydrogen-bond donors (Lipinski definition) is 2. The van der Waals surface area contributed by atoms with E-state index in [-0.39, 0.29) is 0 Å². The van der Waals surface area contributed by atoms with Gasteiger partial charge in [0, 0.05) is 6.42 Å². The molecule has 0 unspecified atom stereocenters. The minimum Gasteiger partial charge on any atom is -0.478 e. The zero-order chi connectivity index (χ0) is 9.90. The fourth-order valence-electron chi connectivity index (χ4n) is 1.39.